The number of rotatable bonds is 5. The fourth-order valence-electron chi connectivity index (χ4n) is 1.74. The third-order valence-electron chi connectivity index (χ3n) is 2.77. The summed E-state index contributed by atoms with van der Waals surface area (Å²) in [5.74, 6) is 1.13. The highest BCUT2D eigenvalue weighted by molar-refractivity contribution is 6.34. The van der Waals surface area contributed by atoms with Crippen molar-refractivity contribution in [2.45, 2.75) is 52.4 Å². The van der Waals surface area contributed by atoms with Crippen LogP contribution in [0, 0.1) is 0 Å². The molecule has 90 valence electrons. The molecule has 0 bridgehead atoms. The van der Waals surface area contributed by atoms with E-state index in [1.165, 1.54) is 0 Å². The molecule has 1 aromatic heterocycles. The first-order chi connectivity index (χ1) is 7.63. The lowest BCUT2D eigenvalue weighted by Gasteiger charge is -2.13. The van der Waals surface area contributed by atoms with E-state index in [1.54, 1.807) is 0 Å². The number of hydrogen-bond acceptors (Lipinski definition) is 2. The highest BCUT2D eigenvalue weighted by Gasteiger charge is 2.15. The average molecular weight is 261 g/mol. The Bertz CT molecular complexity index is 326. The van der Waals surface area contributed by atoms with Crippen molar-refractivity contribution in [2.75, 3.05) is 0 Å². The Hall–Kier alpha value is -0.340. The van der Waals surface area contributed by atoms with Crippen LogP contribution in [0.5, 0.6) is 0 Å². The molecular formula is C12H18Cl2N2. The van der Waals surface area contributed by atoms with E-state index in [9.17, 15) is 0 Å². The molecule has 4 heteroatoms. The van der Waals surface area contributed by atoms with Gasteiger partial charge in [-0.25, -0.2) is 9.97 Å². The summed E-state index contributed by atoms with van der Waals surface area (Å²) in [4.78, 5) is 8.73. The third kappa shape index (κ3) is 3.08. The SMILES string of the molecule is CCCc1c(Cl)nc(C(CC)CC)nc1Cl. The molecule has 1 aromatic rings. The van der Waals surface area contributed by atoms with Crippen molar-refractivity contribution in [3.8, 4) is 0 Å². The highest BCUT2D eigenvalue weighted by atomic mass is 35.5. The van der Waals surface area contributed by atoms with E-state index in [2.05, 4.69) is 30.7 Å². The summed E-state index contributed by atoms with van der Waals surface area (Å²) < 4.78 is 0. The molecule has 0 saturated carbocycles. The van der Waals surface area contributed by atoms with Gasteiger partial charge in [0.15, 0.2) is 0 Å². The normalized spacial score (nSPS) is 11.1. The van der Waals surface area contributed by atoms with Gasteiger partial charge in [0.2, 0.25) is 0 Å². The second kappa shape index (κ2) is 6.41. The molecule has 0 N–H and O–H groups in total. The number of hydrogen-bond donors (Lipinski definition) is 0. The third-order valence-corrected chi connectivity index (χ3v) is 3.40. The van der Waals surface area contributed by atoms with Crippen molar-refractivity contribution in [1.29, 1.82) is 0 Å². The van der Waals surface area contributed by atoms with E-state index in [4.69, 9.17) is 23.2 Å². The Morgan fingerprint density at radius 2 is 1.50 bits per heavy atom. The smallest absolute Gasteiger partial charge is 0.137 e. The molecule has 1 rings (SSSR count). The fourth-order valence-corrected chi connectivity index (χ4v) is 2.33. The molecule has 0 atom stereocenters. The largest absolute Gasteiger partial charge is 0.221 e. The standard InChI is InChI=1S/C12H18Cl2N2/c1-4-7-9-10(13)15-12(16-11(9)14)8(5-2)6-3/h8H,4-7H2,1-3H3. The minimum atomic E-state index is 0.352. The second-order valence-corrected chi connectivity index (χ2v) is 4.62. The maximum atomic E-state index is 6.14. The molecule has 0 aromatic carbocycles. The van der Waals surface area contributed by atoms with Crippen LogP contribution < -0.4 is 0 Å². The molecule has 0 fully saturated rings. The predicted octanol–water partition coefficient (Wildman–Crippen LogP) is 4.64. The van der Waals surface area contributed by atoms with E-state index < -0.39 is 0 Å². The first kappa shape index (κ1) is 13.7. The Morgan fingerprint density at radius 1 is 1.00 bits per heavy atom. The van der Waals surface area contributed by atoms with E-state index in [1.807, 2.05) is 0 Å². The summed E-state index contributed by atoms with van der Waals surface area (Å²) in [6.45, 7) is 6.33. The van der Waals surface area contributed by atoms with Crippen LogP contribution in [0.25, 0.3) is 0 Å². The van der Waals surface area contributed by atoms with E-state index >= 15 is 0 Å². The second-order valence-electron chi connectivity index (χ2n) is 3.91. The van der Waals surface area contributed by atoms with Crippen molar-refractivity contribution in [3.63, 3.8) is 0 Å². The van der Waals surface area contributed by atoms with E-state index in [0.29, 0.717) is 16.2 Å². The van der Waals surface area contributed by atoms with Crippen molar-refractivity contribution in [3.05, 3.63) is 21.7 Å². The minimum Gasteiger partial charge on any atom is -0.221 e. The minimum absolute atomic E-state index is 0.352. The lowest BCUT2D eigenvalue weighted by molar-refractivity contribution is 0.600. The molecule has 1 heterocycles. The van der Waals surface area contributed by atoms with E-state index in [-0.39, 0.29) is 0 Å². The fraction of sp³-hybridized carbons (Fsp3) is 0.667. The van der Waals surface area contributed by atoms with Gasteiger partial charge in [0.1, 0.15) is 16.1 Å². The van der Waals surface area contributed by atoms with Crippen LogP contribution in [0.1, 0.15) is 57.3 Å². The van der Waals surface area contributed by atoms with Crippen LogP contribution in [-0.2, 0) is 6.42 Å². The zero-order chi connectivity index (χ0) is 12.1. The molecule has 2 nitrogen and oxygen atoms in total. The van der Waals surface area contributed by atoms with Crippen LogP contribution in [-0.4, -0.2) is 9.97 Å². The Labute approximate surface area is 107 Å². The van der Waals surface area contributed by atoms with E-state index in [0.717, 1.165) is 37.1 Å². The van der Waals surface area contributed by atoms with Crippen LogP contribution in [0.3, 0.4) is 0 Å². The predicted molar refractivity (Wildman–Crippen MR) is 69.4 cm³/mol. The molecule has 0 aliphatic rings. The number of nitrogens with zero attached hydrogens (tertiary/aromatic N) is 2. The van der Waals surface area contributed by atoms with Gasteiger partial charge in [0.25, 0.3) is 0 Å². The highest BCUT2D eigenvalue weighted by Crippen LogP contribution is 2.27. The van der Waals surface area contributed by atoms with Crippen molar-refractivity contribution in [1.82, 2.24) is 9.97 Å². The van der Waals surface area contributed by atoms with Crippen LogP contribution in [0.2, 0.25) is 10.3 Å². The van der Waals surface area contributed by atoms with Gasteiger partial charge in [-0.2, -0.15) is 0 Å². The van der Waals surface area contributed by atoms with Crippen molar-refractivity contribution in [2.24, 2.45) is 0 Å². The van der Waals surface area contributed by atoms with Gasteiger partial charge in [-0.15, -0.1) is 0 Å². The van der Waals surface area contributed by atoms with Crippen LogP contribution in [0.15, 0.2) is 0 Å². The maximum Gasteiger partial charge on any atom is 0.137 e. The summed E-state index contributed by atoms with van der Waals surface area (Å²) in [5, 5.41) is 1.03. The van der Waals surface area contributed by atoms with Gasteiger partial charge >= 0.3 is 0 Å². The maximum absolute atomic E-state index is 6.14. The summed E-state index contributed by atoms with van der Waals surface area (Å²) in [5.41, 5.74) is 0.875. The Balaban J connectivity index is 3.08. The van der Waals surface area contributed by atoms with Gasteiger partial charge in [0.05, 0.1) is 0 Å². The first-order valence-electron chi connectivity index (χ1n) is 5.85. The van der Waals surface area contributed by atoms with Gasteiger partial charge in [0, 0.05) is 11.5 Å². The monoisotopic (exact) mass is 260 g/mol. The van der Waals surface area contributed by atoms with Crippen LogP contribution >= 0.6 is 23.2 Å². The van der Waals surface area contributed by atoms with Gasteiger partial charge < -0.3 is 0 Å². The molecule has 0 radical (unpaired) electrons. The Kier molecular flexibility index (Phi) is 5.50. The lowest BCUT2D eigenvalue weighted by Crippen LogP contribution is -2.05. The zero-order valence-electron chi connectivity index (χ0n) is 10.1. The zero-order valence-corrected chi connectivity index (χ0v) is 11.6. The molecule has 0 aliphatic heterocycles. The summed E-state index contributed by atoms with van der Waals surface area (Å²) >= 11 is 12.3. The molecule has 0 aliphatic carbocycles. The van der Waals surface area contributed by atoms with Gasteiger partial charge in [-0.1, -0.05) is 50.4 Å². The van der Waals surface area contributed by atoms with Crippen molar-refractivity contribution >= 4 is 23.2 Å². The average Bonchev–Trinajstić information content (AvgIpc) is 2.25. The summed E-state index contributed by atoms with van der Waals surface area (Å²) in [6, 6.07) is 0. The molecule has 0 spiro atoms. The summed E-state index contributed by atoms with van der Waals surface area (Å²) in [7, 11) is 0. The quantitative estimate of drug-likeness (QED) is 0.721. The topological polar surface area (TPSA) is 25.8 Å². The summed E-state index contributed by atoms with van der Waals surface area (Å²) in [6.07, 6.45) is 3.85. The lowest BCUT2D eigenvalue weighted by atomic mass is 10.0. The van der Waals surface area contributed by atoms with Crippen LogP contribution in [0.4, 0.5) is 0 Å². The van der Waals surface area contributed by atoms with Gasteiger partial charge in [-0.05, 0) is 19.3 Å². The number of halogens is 2. The molecule has 0 saturated heterocycles. The molecule has 16 heavy (non-hydrogen) atoms. The first-order valence-corrected chi connectivity index (χ1v) is 6.61. The molecular weight excluding hydrogens is 243 g/mol. The van der Waals surface area contributed by atoms with Crippen molar-refractivity contribution < 1.29 is 0 Å². The number of aromatic nitrogens is 2. The molecule has 0 amide bonds. The van der Waals surface area contributed by atoms with Gasteiger partial charge in [-0.3, -0.25) is 0 Å². The molecule has 0 unspecified atom stereocenters. The Morgan fingerprint density at radius 3 is 1.88 bits per heavy atom.